The van der Waals surface area contributed by atoms with E-state index in [0.717, 1.165) is 25.7 Å². The van der Waals surface area contributed by atoms with E-state index < -0.39 is 5.97 Å². The summed E-state index contributed by atoms with van der Waals surface area (Å²) in [5, 5.41) is 10.8. The molecule has 0 aliphatic heterocycles. The van der Waals surface area contributed by atoms with Crippen LogP contribution in [0.15, 0.2) is 0 Å². The molecule has 0 unspecified atom stereocenters. The zero-order chi connectivity index (χ0) is 10.2. The van der Waals surface area contributed by atoms with Gasteiger partial charge in [-0.3, -0.25) is 0 Å². The summed E-state index contributed by atoms with van der Waals surface area (Å²) in [6.45, 7) is 0. The molecule has 0 spiro atoms. The highest BCUT2D eigenvalue weighted by atomic mass is 16.4. The predicted molar refractivity (Wildman–Crippen MR) is 54.7 cm³/mol. The Kier molecular flexibility index (Phi) is 5.65. The molecule has 0 radical (unpaired) electrons. The lowest BCUT2D eigenvalue weighted by molar-refractivity contribution is -0.312. The Balaban J connectivity index is 2.31. The summed E-state index contributed by atoms with van der Waals surface area (Å²) in [5.41, 5.74) is 0. The van der Waals surface area contributed by atoms with Gasteiger partial charge in [-0.2, -0.15) is 0 Å². The quantitative estimate of drug-likeness (QED) is 0.647. The van der Waals surface area contributed by atoms with Gasteiger partial charge in [0, 0.05) is 5.97 Å². The van der Waals surface area contributed by atoms with Gasteiger partial charge in [0.15, 0.2) is 0 Å². The van der Waals surface area contributed by atoms with Gasteiger partial charge in [0.25, 0.3) is 0 Å². The van der Waals surface area contributed by atoms with E-state index in [0.29, 0.717) is 0 Å². The van der Waals surface area contributed by atoms with Gasteiger partial charge < -0.3 is 9.90 Å². The average Bonchev–Trinajstić information content (AvgIpc) is 2.21. The van der Waals surface area contributed by atoms with E-state index in [1.807, 2.05) is 0 Å². The van der Waals surface area contributed by atoms with Crippen molar-refractivity contribution in [3.8, 4) is 0 Å². The van der Waals surface area contributed by atoms with E-state index in [2.05, 4.69) is 0 Å². The molecule has 1 rings (SSSR count). The van der Waals surface area contributed by atoms with Crippen molar-refractivity contribution in [1.82, 2.24) is 0 Å². The molecule has 1 saturated carbocycles. The van der Waals surface area contributed by atoms with E-state index in [1.54, 1.807) is 0 Å². The van der Waals surface area contributed by atoms with Crippen LogP contribution in [0, 0.1) is 5.92 Å². The number of hydrogen-bond donors (Lipinski definition) is 0. The van der Waals surface area contributed by atoms with Crippen molar-refractivity contribution in [1.29, 1.82) is 0 Å². The summed E-state index contributed by atoms with van der Waals surface area (Å²) in [6.07, 6.45) is 11.4. The molecule has 1 aliphatic rings. The van der Waals surface area contributed by atoms with Crippen LogP contribution in [0.2, 0.25) is 0 Å². The lowest BCUT2D eigenvalue weighted by Crippen LogP contribution is -2.31. The molecule has 0 amide bonds. The van der Waals surface area contributed by atoms with Crippen LogP contribution < -0.4 is 5.11 Å². The molecule has 0 bridgehead atoms. The zero-order valence-electron chi connectivity index (χ0n) is 8.96. The van der Waals surface area contributed by atoms with Crippen LogP contribution in [0.5, 0.6) is 0 Å². The van der Waals surface area contributed by atoms with Crippen LogP contribution >= 0.6 is 0 Å². The fourth-order valence-electron chi connectivity index (χ4n) is 2.22. The van der Waals surface area contributed by atoms with Crippen LogP contribution in [0.25, 0.3) is 0 Å². The Morgan fingerprint density at radius 2 is 1.14 bits per heavy atom. The fourth-order valence-corrected chi connectivity index (χ4v) is 2.22. The van der Waals surface area contributed by atoms with Crippen molar-refractivity contribution in [3.63, 3.8) is 0 Å². The Morgan fingerprint density at radius 1 is 0.786 bits per heavy atom. The maximum absolute atomic E-state index is 10.8. The minimum absolute atomic E-state index is 0.173. The van der Waals surface area contributed by atoms with Gasteiger partial charge in [0.2, 0.25) is 0 Å². The van der Waals surface area contributed by atoms with Gasteiger partial charge in [0.05, 0.1) is 0 Å². The second-order valence-corrected chi connectivity index (χ2v) is 4.42. The lowest BCUT2D eigenvalue weighted by atomic mass is 9.96. The van der Waals surface area contributed by atoms with Crippen molar-refractivity contribution in [3.05, 3.63) is 0 Å². The van der Waals surface area contributed by atoms with Crippen molar-refractivity contribution >= 4 is 5.97 Å². The van der Waals surface area contributed by atoms with E-state index >= 15 is 0 Å². The normalized spacial score (nSPS) is 22.6. The number of hydrogen-bond acceptors (Lipinski definition) is 2. The number of carboxylic acid groups (broad SMARTS) is 1. The summed E-state index contributed by atoms with van der Waals surface area (Å²) < 4.78 is 0. The third-order valence-corrected chi connectivity index (χ3v) is 3.19. The number of aliphatic carboxylic acids is 1. The van der Waals surface area contributed by atoms with Gasteiger partial charge in [-0.15, -0.1) is 0 Å². The number of carbonyl (C=O) groups is 1. The van der Waals surface area contributed by atoms with Crippen molar-refractivity contribution in [2.75, 3.05) is 0 Å². The zero-order valence-corrected chi connectivity index (χ0v) is 8.96. The summed E-state index contributed by atoms with van der Waals surface area (Å²) in [4.78, 5) is 10.8. The Morgan fingerprint density at radius 3 is 1.50 bits per heavy atom. The SMILES string of the molecule is O=C([O-])C1CCCCCCCCCC1. The molecule has 0 atom stereocenters. The van der Waals surface area contributed by atoms with E-state index in [1.165, 1.54) is 38.5 Å². The fraction of sp³-hybridized carbons (Fsp3) is 0.917. The largest absolute Gasteiger partial charge is 0.550 e. The second-order valence-electron chi connectivity index (χ2n) is 4.42. The van der Waals surface area contributed by atoms with Gasteiger partial charge in [-0.1, -0.05) is 51.4 Å². The van der Waals surface area contributed by atoms with Crippen LogP contribution in [0.1, 0.15) is 64.2 Å². The molecule has 1 aliphatic carbocycles. The molecule has 0 aromatic carbocycles. The molecule has 2 heteroatoms. The summed E-state index contributed by atoms with van der Waals surface area (Å²) in [6, 6.07) is 0. The molecule has 1 fully saturated rings. The van der Waals surface area contributed by atoms with Crippen LogP contribution in [-0.4, -0.2) is 5.97 Å². The highest BCUT2D eigenvalue weighted by Gasteiger charge is 2.10. The first-order valence-corrected chi connectivity index (χ1v) is 6.01. The first-order valence-electron chi connectivity index (χ1n) is 6.01. The van der Waals surface area contributed by atoms with Crippen molar-refractivity contribution in [2.45, 2.75) is 64.2 Å². The Bertz CT molecular complexity index is 154. The van der Waals surface area contributed by atoms with Gasteiger partial charge in [-0.25, -0.2) is 0 Å². The molecule has 0 aromatic rings. The lowest BCUT2D eigenvalue weighted by Gasteiger charge is -2.17. The maximum atomic E-state index is 10.8. The van der Waals surface area contributed by atoms with Gasteiger partial charge in [-0.05, 0) is 18.8 Å². The smallest absolute Gasteiger partial charge is 0.0445 e. The highest BCUT2D eigenvalue weighted by molar-refractivity contribution is 5.67. The van der Waals surface area contributed by atoms with Crippen molar-refractivity contribution in [2.24, 2.45) is 5.92 Å². The molecule has 0 aromatic heterocycles. The number of carbonyl (C=O) groups excluding carboxylic acids is 1. The first kappa shape index (κ1) is 11.5. The maximum Gasteiger partial charge on any atom is 0.0445 e. The average molecular weight is 197 g/mol. The minimum atomic E-state index is -0.829. The first-order chi connectivity index (χ1) is 6.80. The molecule has 14 heavy (non-hydrogen) atoms. The molecular formula is C12H21O2-. The standard InChI is InChI=1S/C12H22O2/c13-12(14)11-9-7-5-3-1-2-4-6-8-10-11/h11H,1-10H2,(H,13,14)/p-1. The molecular weight excluding hydrogens is 176 g/mol. The molecule has 2 nitrogen and oxygen atoms in total. The third kappa shape index (κ3) is 4.64. The van der Waals surface area contributed by atoms with Crippen LogP contribution in [-0.2, 0) is 4.79 Å². The summed E-state index contributed by atoms with van der Waals surface area (Å²) in [5.74, 6) is -1.00. The number of rotatable bonds is 1. The molecule has 0 heterocycles. The van der Waals surface area contributed by atoms with E-state index in [9.17, 15) is 9.90 Å². The van der Waals surface area contributed by atoms with Gasteiger partial charge >= 0.3 is 0 Å². The molecule has 0 N–H and O–H groups in total. The second kappa shape index (κ2) is 6.86. The highest BCUT2D eigenvalue weighted by Crippen LogP contribution is 2.20. The Hall–Kier alpha value is -0.530. The van der Waals surface area contributed by atoms with Gasteiger partial charge in [0.1, 0.15) is 0 Å². The molecule has 82 valence electrons. The van der Waals surface area contributed by atoms with E-state index in [-0.39, 0.29) is 5.92 Å². The molecule has 0 saturated heterocycles. The topological polar surface area (TPSA) is 40.1 Å². The number of carboxylic acids is 1. The summed E-state index contributed by atoms with van der Waals surface area (Å²) >= 11 is 0. The summed E-state index contributed by atoms with van der Waals surface area (Å²) in [7, 11) is 0. The van der Waals surface area contributed by atoms with Crippen LogP contribution in [0.3, 0.4) is 0 Å². The monoisotopic (exact) mass is 197 g/mol. The minimum Gasteiger partial charge on any atom is -0.550 e. The predicted octanol–water partition coefficient (Wildman–Crippen LogP) is 2.27. The van der Waals surface area contributed by atoms with Crippen LogP contribution in [0.4, 0.5) is 0 Å². The third-order valence-electron chi connectivity index (χ3n) is 3.19. The Labute approximate surface area is 86.7 Å². The van der Waals surface area contributed by atoms with E-state index in [4.69, 9.17) is 0 Å². The van der Waals surface area contributed by atoms with Crippen molar-refractivity contribution < 1.29 is 9.90 Å².